The van der Waals surface area contributed by atoms with Crippen molar-refractivity contribution >= 4 is 17.9 Å². The average molecular weight is 851 g/mol. The molecule has 0 aromatic carbocycles. The number of hydrogen-bond donors (Lipinski definition) is 0. The van der Waals surface area contributed by atoms with Gasteiger partial charge in [-0.3, -0.25) is 14.4 Å². The van der Waals surface area contributed by atoms with Crippen molar-refractivity contribution in [3.63, 3.8) is 0 Å². The molecular formula is C55H94O6. The molecule has 6 nitrogen and oxygen atoms in total. The predicted molar refractivity (Wildman–Crippen MR) is 261 cm³/mol. The molecule has 6 heteroatoms. The van der Waals surface area contributed by atoms with E-state index in [9.17, 15) is 14.4 Å². The summed E-state index contributed by atoms with van der Waals surface area (Å²) in [7, 11) is 0. The highest BCUT2D eigenvalue weighted by molar-refractivity contribution is 5.71. The standard InChI is InChI=1S/C55H94O6/c1-4-7-10-13-16-19-22-24-26-27-29-30-33-36-39-42-45-48-54(57)60-51-52(50-59-53(56)47-44-41-38-35-32-21-18-15-12-9-6-3)61-55(58)49-46-43-40-37-34-31-28-25-23-20-17-14-11-8-5-2/h7,10,15-16,18-20,23-24,26,29-30,52H,4-6,8-9,11-14,17,21-22,25,27-28,31-51H2,1-3H3/b10-7-,18-15-,19-16-,23-20-,26-24-,30-29-/t52-/m0/s1. The van der Waals surface area contributed by atoms with Crippen molar-refractivity contribution in [3.05, 3.63) is 72.9 Å². The SMILES string of the molecule is CC/C=C\C/C=C\C/C=C\C/C=C\CCCCCCC(=O)OC[C@H](COC(=O)CCCCCCC/C=C\CCCC)OC(=O)CCCCCCCCC/C=C\CCCCCC. The molecular weight excluding hydrogens is 757 g/mol. The molecule has 0 rings (SSSR count). The summed E-state index contributed by atoms with van der Waals surface area (Å²) in [5.41, 5.74) is 0. The summed E-state index contributed by atoms with van der Waals surface area (Å²) in [4.78, 5) is 37.9. The van der Waals surface area contributed by atoms with Gasteiger partial charge >= 0.3 is 17.9 Å². The zero-order valence-corrected chi connectivity index (χ0v) is 39.9. The number of allylic oxidation sites excluding steroid dienone is 12. The largest absolute Gasteiger partial charge is 0.462 e. The van der Waals surface area contributed by atoms with E-state index in [0.29, 0.717) is 19.3 Å². The summed E-state index contributed by atoms with van der Waals surface area (Å²) >= 11 is 0. The smallest absolute Gasteiger partial charge is 0.306 e. The Morgan fingerprint density at radius 1 is 0.344 bits per heavy atom. The fourth-order valence-corrected chi connectivity index (χ4v) is 6.82. The van der Waals surface area contributed by atoms with Gasteiger partial charge in [0.1, 0.15) is 13.2 Å². The van der Waals surface area contributed by atoms with Gasteiger partial charge in [-0.2, -0.15) is 0 Å². The van der Waals surface area contributed by atoms with Gasteiger partial charge < -0.3 is 14.2 Å². The molecule has 0 aliphatic carbocycles. The first-order valence-corrected chi connectivity index (χ1v) is 25.4. The van der Waals surface area contributed by atoms with Crippen LogP contribution in [0.25, 0.3) is 0 Å². The Labute approximate surface area is 376 Å². The minimum absolute atomic E-state index is 0.0897. The molecule has 0 heterocycles. The molecule has 0 aliphatic rings. The van der Waals surface area contributed by atoms with Crippen LogP contribution in [0.3, 0.4) is 0 Å². The molecule has 0 aromatic heterocycles. The number of esters is 3. The van der Waals surface area contributed by atoms with E-state index < -0.39 is 6.10 Å². The fraction of sp³-hybridized carbons (Fsp3) is 0.727. The van der Waals surface area contributed by atoms with Crippen LogP contribution < -0.4 is 0 Å². The zero-order valence-electron chi connectivity index (χ0n) is 39.9. The lowest BCUT2D eigenvalue weighted by atomic mass is 10.1. The Hall–Kier alpha value is -3.15. The Kier molecular flexibility index (Phi) is 46.9. The van der Waals surface area contributed by atoms with Gasteiger partial charge in [0.2, 0.25) is 0 Å². The Bertz CT molecular complexity index is 1160. The van der Waals surface area contributed by atoms with Crippen molar-refractivity contribution in [2.45, 2.75) is 245 Å². The topological polar surface area (TPSA) is 78.9 Å². The van der Waals surface area contributed by atoms with E-state index in [0.717, 1.165) is 103 Å². The van der Waals surface area contributed by atoms with Crippen molar-refractivity contribution in [2.75, 3.05) is 13.2 Å². The van der Waals surface area contributed by atoms with Crippen molar-refractivity contribution in [3.8, 4) is 0 Å². The van der Waals surface area contributed by atoms with Crippen LogP contribution in [-0.2, 0) is 28.6 Å². The molecule has 0 aromatic rings. The maximum Gasteiger partial charge on any atom is 0.306 e. The Morgan fingerprint density at radius 2 is 0.656 bits per heavy atom. The van der Waals surface area contributed by atoms with Crippen molar-refractivity contribution < 1.29 is 28.6 Å². The highest BCUT2D eigenvalue weighted by Gasteiger charge is 2.19. The first-order chi connectivity index (χ1) is 30.0. The molecule has 61 heavy (non-hydrogen) atoms. The number of ether oxygens (including phenoxy) is 3. The van der Waals surface area contributed by atoms with Gasteiger partial charge in [-0.25, -0.2) is 0 Å². The third-order valence-corrected chi connectivity index (χ3v) is 10.7. The van der Waals surface area contributed by atoms with Crippen molar-refractivity contribution in [2.24, 2.45) is 0 Å². The predicted octanol–water partition coefficient (Wildman–Crippen LogP) is 16.6. The number of rotatable bonds is 45. The van der Waals surface area contributed by atoms with Crippen LogP contribution in [0.2, 0.25) is 0 Å². The van der Waals surface area contributed by atoms with Gasteiger partial charge in [-0.1, -0.05) is 190 Å². The van der Waals surface area contributed by atoms with Crippen LogP contribution in [0.1, 0.15) is 239 Å². The molecule has 0 saturated heterocycles. The van der Waals surface area contributed by atoms with E-state index >= 15 is 0 Å². The fourth-order valence-electron chi connectivity index (χ4n) is 6.82. The Morgan fingerprint density at radius 3 is 1.07 bits per heavy atom. The molecule has 0 bridgehead atoms. The van der Waals surface area contributed by atoms with Gasteiger partial charge in [0.05, 0.1) is 0 Å². The maximum atomic E-state index is 12.8. The maximum absolute atomic E-state index is 12.8. The van der Waals surface area contributed by atoms with E-state index in [1.807, 2.05) is 0 Å². The minimum Gasteiger partial charge on any atom is -0.462 e. The first-order valence-electron chi connectivity index (χ1n) is 25.4. The van der Waals surface area contributed by atoms with E-state index in [1.54, 1.807) is 0 Å². The third kappa shape index (κ3) is 47.7. The van der Waals surface area contributed by atoms with Crippen LogP contribution in [0, 0.1) is 0 Å². The van der Waals surface area contributed by atoms with Gasteiger partial charge in [-0.05, 0) is 103 Å². The molecule has 0 saturated carbocycles. The second kappa shape index (κ2) is 49.5. The average Bonchev–Trinajstić information content (AvgIpc) is 3.26. The number of carbonyl (C=O) groups is 3. The third-order valence-electron chi connectivity index (χ3n) is 10.7. The summed E-state index contributed by atoms with van der Waals surface area (Å²) < 4.78 is 16.8. The van der Waals surface area contributed by atoms with Crippen LogP contribution >= 0.6 is 0 Å². The van der Waals surface area contributed by atoms with Crippen LogP contribution in [0.4, 0.5) is 0 Å². The lowest BCUT2D eigenvalue weighted by Crippen LogP contribution is -2.30. The Balaban J connectivity index is 4.42. The summed E-state index contributed by atoms with van der Waals surface area (Å²) in [5.74, 6) is -0.928. The first kappa shape index (κ1) is 57.9. The van der Waals surface area contributed by atoms with E-state index in [1.165, 1.54) is 96.3 Å². The molecule has 0 aliphatic heterocycles. The monoisotopic (exact) mass is 851 g/mol. The minimum atomic E-state index is -0.790. The molecule has 0 radical (unpaired) electrons. The second-order valence-electron chi connectivity index (χ2n) is 16.7. The van der Waals surface area contributed by atoms with Gasteiger partial charge in [-0.15, -0.1) is 0 Å². The van der Waals surface area contributed by atoms with E-state index in [2.05, 4.69) is 93.7 Å². The molecule has 0 spiro atoms. The number of unbranched alkanes of at least 4 members (excludes halogenated alkanes) is 22. The lowest BCUT2D eigenvalue weighted by molar-refractivity contribution is -0.167. The van der Waals surface area contributed by atoms with E-state index in [4.69, 9.17) is 14.2 Å². The highest BCUT2D eigenvalue weighted by Crippen LogP contribution is 2.14. The van der Waals surface area contributed by atoms with Crippen LogP contribution in [0.5, 0.6) is 0 Å². The van der Waals surface area contributed by atoms with Crippen molar-refractivity contribution in [1.29, 1.82) is 0 Å². The molecule has 350 valence electrons. The normalized spacial score (nSPS) is 12.6. The summed E-state index contributed by atoms with van der Waals surface area (Å²) in [6.45, 7) is 6.44. The zero-order chi connectivity index (χ0) is 44.4. The summed E-state index contributed by atoms with van der Waals surface area (Å²) in [6.07, 6.45) is 61.7. The number of hydrogen-bond acceptors (Lipinski definition) is 6. The van der Waals surface area contributed by atoms with Gasteiger partial charge in [0, 0.05) is 19.3 Å². The van der Waals surface area contributed by atoms with Gasteiger partial charge in [0.25, 0.3) is 0 Å². The molecule has 0 unspecified atom stereocenters. The molecule has 0 N–H and O–H groups in total. The summed E-state index contributed by atoms with van der Waals surface area (Å²) in [5, 5.41) is 0. The quantitative estimate of drug-likeness (QED) is 0.0263. The van der Waals surface area contributed by atoms with Crippen LogP contribution in [-0.4, -0.2) is 37.2 Å². The second-order valence-corrected chi connectivity index (χ2v) is 16.7. The van der Waals surface area contributed by atoms with E-state index in [-0.39, 0.29) is 31.1 Å². The molecule has 0 amide bonds. The molecule has 1 atom stereocenters. The van der Waals surface area contributed by atoms with Crippen molar-refractivity contribution in [1.82, 2.24) is 0 Å². The van der Waals surface area contributed by atoms with Gasteiger partial charge in [0.15, 0.2) is 6.10 Å². The molecule has 0 fully saturated rings. The summed E-state index contributed by atoms with van der Waals surface area (Å²) in [6, 6.07) is 0. The highest BCUT2D eigenvalue weighted by atomic mass is 16.6. The lowest BCUT2D eigenvalue weighted by Gasteiger charge is -2.18. The number of carbonyl (C=O) groups excluding carboxylic acids is 3. The van der Waals surface area contributed by atoms with Crippen LogP contribution in [0.15, 0.2) is 72.9 Å².